The molecule has 1 aromatic heterocycles. The van der Waals surface area contributed by atoms with E-state index in [9.17, 15) is 0 Å². The molecule has 4 heteroatoms. The molecule has 0 radical (unpaired) electrons. The smallest absolute Gasteiger partial charge is 0.122 e. The van der Waals surface area contributed by atoms with E-state index in [1.165, 1.54) is 0 Å². The summed E-state index contributed by atoms with van der Waals surface area (Å²) in [7, 11) is 0. The van der Waals surface area contributed by atoms with Crippen LogP contribution in [0.4, 0.5) is 0 Å². The number of hydrogen-bond donors (Lipinski definition) is 0. The Morgan fingerprint density at radius 3 is 2.60 bits per heavy atom. The molecule has 0 aliphatic carbocycles. The monoisotopic (exact) mass is 247 g/mol. The van der Waals surface area contributed by atoms with Gasteiger partial charge in [0.05, 0.1) is 5.88 Å². The number of halogens is 1. The van der Waals surface area contributed by atoms with Gasteiger partial charge in [0.2, 0.25) is 0 Å². The van der Waals surface area contributed by atoms with E-state index in [0.717, 1.165) is 9.88 Å². The van der Waals surface area contributed by atoms with Gasteiger partial charge in [0.25, 0.3) is 0 Å². The standard InChI is InChI=1S/C11H18ClNOS/c1-5-14-9(11(2,3)4)10-13-7-8(6-12)15-10/h7,9H,5-6H2,1-4H3. The van der Waals surface area contributed by atoms with Crippen molar-refractivity contribution in [2.75, 3.05) is 6.61 Å². The van der Waals surface area contributed by atoms with Crippen LogP contribution < -0.4 is 0 Å². The van der Waals surface area contributed by atoms with Crippen molar-refractivity contribution in [2.45, 2.75) is 39.7 Å². The van der Waals surface area contributed by atoms with Crippen molar-refractivity contribution < 1.29 is 4.74 Å². The number of alkyl halides is 1. The molecule has 0 bridgehead atoms. The van der Waals surface area contributed by atoms with Crippen LogP contribution in [0, 0.1) is 5.41 Å². The Hall–Kier alpha value is -0.120. The van der Waals surface area contributed by atoms with E-state index < -0.39 is 0 Å². The summed E-state index contributed by atoms with van der Waals surface area (Å²) in [5, 5.41) is 1.03. The number of aromatic nitrogens is 1. The molecule has 86 valence electrons. The summed E-state index contributed by atoms with van der Waals surface area (Å²) in [4.78, 5) is 5.48. The van der Waals surface area contributed by atoms with Crippen molar-refractivity contribution in [2.24, 2.45) is 5.41 Å². The molecule has 15 heavy (non-hydrogen) atoms. The first-order chi connectivity index (χ1) is 6.99. The molecule has 0 aliphatic heterocycles. The molecule has 0 spiro atoms. The lowest BCUT2D eigenvalue weighted by atomic mass is 9.89. The van der Waals surface area contributed by atoms with Crippen molar-refractivity contribution in [3.63, 3.8) is 0 Å². The Bertz CT molecular complexity index is 306. The maximum Gasteiger partial charge on any atom is 0.122 e. The van der Waals surface area contributed by atoms with E-state index in [-0.39, 0.29) is 11.5 Å². The fraction of sp³-hybridized carbons (Fsp3) is 0.727. The first-order valence-electron chi connectivity index (χ1n) is 5.11. The van der Waals surface area contributed by atoms with Crippen LogP contribution in [-0.2, 0) is 10.6 Å². The quantitative estimate of drug-likeness (QED) is 0.751. The highest BCUT2D eigenvalue weighted by Gasteiger charge is 2.29. The Balaban J connectivity index is 2.88. The van der Waals surface area contributed by atoms with Crippen LogP contribution in [0.25, 0.3) is 0 Å². The second kappa shape index (κ2) is 5.28. The first kappa shape index (κ1) is 12.9. The van der Waals surface area contributed by atoms with Gasteiger partial charge < -0.3 is 4.74 Å². The number of rotatable bonds is 4. The number of ether oxygens (including phenoxy) is 1. The molecule has 1 rings (SSSR count). The normalized spacial score (nSPS) is 14.2. The predicted octanol–water partition coefficient (Wildman–Crippen LogP) is 4.01. The number of hydrogen-bond acceptors (Lipinski definition) is 3. The average Bonchev–Trinajstić information content (AvgIpc) is 2.60. The fourth-order valence-electron chi connectivity index (χ4n) is 1.36. The third-order valence-corrected chi connectivity index (χ3v) is 3.53. The Kier molecular flexibility index (Phi) is 4.56. The summed E-state index contributed by atoms with van der Waals surface area (Å²) in [5.41, 5.74) is 0.0669. The Morgan fingerprint density at radius 2 is 2.20 bits per heavy atom. The van der Waals surface area contributed by atoms with Crippen LogP contribution >= 0.6 is 22.9 Å². The van der Waals surface area contributed by atoms with Crippen molar-refractivity contribution in [3.8, 4) is 0 Å². The summed E-state index contributed by atoms with van der Waals surface area (Å²) in [6, 6.07) is 0. The highest BCUT2D eigenvalue weighted by atomic mass is 35.5. The Labute approximate surface area is 101 Å². The molecule has 1 aromatic rings. The molecule has 0 fully saturated rings. The fourth-order valence-corrected chi connectivity index (χ4v) is 2.66. The van der Waals surface area contributed by atoms with Gasteiger partial charge in [0.15, 0.2) is 0 Å². The van der Waals surface area contributed by atoms with Crippen LogP contribution in [0.15, 0.2) is 6.20 Å². The number of thiazole rings is 1. The number of nitrogens with zero attached hydrogens (tertiary/aromatic N) is 1. The molecular weight excluding hydrogens is 230 g/mol. The zero-order chi connectivity index (χ0) is 11.5. The molecule has 2 nitrogen and oxygen atoms in total. The molecule has 0 aliphatic rings. The highest BCUT2D eigenvalue weighted by Crippen LogP contribution is 2.37. The lowest BCUT2D eigenvalue weighted by Gasteiger charge is -2.28. The minimum absolute atomic E-state index is 0.0597. The third kappa shape index (κ3) is 3.44. The lowest BCUT2D eigenvalue weighted by molar-refractivity contribution is -0.0133. The second-order valence-corrected chi connectivity index (χ2v) is 5.91. The molecule has 0 amide bonds. The maximum atomic E-state index is 5.77. The van der Waals surface area contributed by atoms with E-state index in [1.54, 1.807) is 11.3 Å². The van der Waals surface area contributed by atoms with Gasteiger partial charge in [-0.1, -0.05) is 20.8 Å². The van der Waals surface area contributed by atoms with Crippen LogP contribution in [0.2, 0.25) is 0 Å². The summed E-state index contributed by atoms with van der Waals surface area (Å²) in [5.74, 6) is 0.528. The van der Waals surface area contributed by atoms with E-state index in [0.29, 0.717) is 12.5 Å². The maximum absolute atomic E-state index is 5.77. The van der Waals surface area contributed by atoms with Gasteiger partial charge in [-0.15, -0.1) is 22.9 Å². The summed E-state index contributed by atoms with van der Waals surface area (Å²) in [6.07, 6.45) is 1.90. The van der Waals surface area contributed by atoms with Crippen LogP contribution in [0.5, 0.6) is 0 Å². The second-order valence-electron chi connectivity index (χ2n) is 4.50. The van der Waals surface area contributed by atoms with Crippen molar-refractivity contribution >= 4 is 22.9 Å². The van der Waals surface area contributed by atoms with Gasteiger partial charge in [-0.2, -0.15) is 0 Å². The summed E-state index contributed by atoms with van der Waals surface area (Å²) >= 11 is 7.41. The summed E-state index contributed by atoms with van der Waals surface area (Å²) < 4.78 is 5.76. The molecular formula is C11H18ClNOS. The van der Waals surface area contributed by atoms with Gasteiger partial charge >= 0.3 is 0 Å². The largest absolute Gasteiger partial charge is 0.371 e. The lowest BCUT2D eigenvalue weighted by Crippen LogP contribution is -2.21. The van der Waals surface area contributed by atoms with Gasteiger partial charge in [0, 0.05) is 17.7 Å². The zero-order valence-electron chi connectivity index (χ0n) is 9.71. The van der Waals surface area contributed by atoms with Crippen LogP contribution in [0.1, 0.15) is 43.7 Å². The van der Waals surface area contributed by atoms with Crippen molar-refractivity contribution in [1.29, 1.82) is 0 Å². The minimum Gasteiger partial charge on any atom is -0.371 e. The Morgan fingerprint density at radius 1 is 1.53 bits per heavy atom. The highest BCUT2D eigenvalue weighted by molar-refractivity contribution is 7.11. The average molecular weight is 248 g/mol. The van der Waals surface area contributed by atoms with Crippen molar-refractivity contribution in [1.82, 2.24) is 4.98 Å². The van der Waals surface area contributed by atoms with E-state index in [4.69, 9.17) is 16.3 Å². The summed E-state index contributed by atoms with van der Waals surface area (Å²) in [6.45, 7) is 9.20. The van der Waals surface area contributed by atoms with E-state index in [1.807, 2.05) is 13.1 Å². The topological polar surface area (TPSA) is 22.1 Å². The molecule has 0 aromatic carbocycles. The molecule has 0 N–H and O–H groups in total. The molecule has 1 unspecified atom stereocenters. The molecule has 1 atom stereocenters. The molecule has 0 saturated carbocycles. The molecule has 0 saturated heterocycles. The van der Waals surface area contributed by atoms with Gasteiger partial charge in [0.1, 0.15) is 11.1 Å². The van der Waals surface area contributed by atoms with Gasteiger partial charge in [-0.3, -0.25) is 0 Å². The van der Waals surface area contributed by atoms with Gasteiger partial charge in [-0.05, 0) is 12.3 Å². The minimum atomic E-state index is 0.0597. The third-order valence-electron chi connectivity index (χ3n) is 2.05. The predicted molar refractivity (Wildman–Crippen MR) is 65.5 cm³/mol. The van der Waals surface area contributed by atoms with Crippen LogP contribution in [0.3, 0.4) is 0 Å². The van der Waals surface area contributed by atoms with Crippen LogP contribution in [-0.4, -0.2) is 11.6 Å². The SMILES string of the molecule is CCOC(c1ncc(CCl)s1)C(C)(C)C. The molecule has 1 heterocycles. The van der Waals surface area contributed by atoms with E-state index in [2.05, 4.69) is 25.8 Å². The van der Waals surface area contributed by atoms with Crippen molar-refractivity contribution in [3.05, 3.63) is 16.1 Å². The van der Waals surface area contributed by atoms with Gasteiger partial charge in [-0.25, -0.2) is 4.98 Å². The first-order valence-corrected chi connectivity index (χ1v) is 6.46. The van der Waals surface area contributed by atoms with E-state index >= 15 is 0 Å². The zero-order valence-corrected chi connectivity index (χ0v) is 11.3.